The van der Waals surface area contributed by atoms with Crippen LogP contribution in [-0.4, -0.2) is 12.1 Å². The first-order valence-electron chi connectivity index (χ1n) is 6.67. The molecular formula is C14H22N2OS. The van der Waals surface area contributed by atoms with Crippen molar-refractivity contribution in [2.24, 2.45) is 5.10 Å². The Kier molecular flexibility index (Phi) is 8.13. The second-order valence-electron chi connectivity index (χ2n) is 4.37. The number of nitrogens with one attached hydrogen (secondary N) is 1. The van der Waals surface area contributed by atoms with E-state index in [0.717, 1.165) is 18.4 Å². The number of amides is 1. The standard InChI is InChI=1S/C14H22N2OS/c1-2-3-4-5-6-7-8-14(17)16-15-11-13-9-10-18-12-13/h9-12H,2-8H2,1H3,(H,16,17)/b15-11+. The molecule has 0 fully saturated rings. The topological polar surface area (TPSA) is 41.5 Å². The maximum atomic E-state index is 11.4. The summed E-state index contributed by atoms with van der Waals surface area (Å²) in [5.74, 6) is 0.0111. The fourth-order valence-corrected chi connectivity index (χ4v) is 2.26. The molecule has 0 bridgehead atoms. The fourth-order valence-electron chi connectivity index (χ4n) is 1.65. The van der Waals surface area contributed by atoms with Crippen molar-refractivity contribution in [1.82, 2.24) is 5.43 Å². The van der Waals surface area contributed by atoms with Crippen LogP contribution in [0.5, 0.6) is 0 Å². The minimum Gasteiger partial charge on any atom is -0.273 e. The molecule has 0 saturated heterocycles. The van der Waals surface area contributed by atoms with Gasteiger partial charge < -0.3 is 0 Å². The lowest BCUT2D eigenvalue weighted by atomic mass is 10.1. The number of hydrazone groups is 1. The Hall–Kier alpha value is -1.16. The Bertz CT molecular complexity index is 347. The lowest BCUT2D eigenvalue weighted by Crippen LogP contribution is -2.16. The van der Waals surface area contributed by atoms with Crippen LogP contribution >= 0.6 is 11.3 Å². The summed E-state index contributed by atoms with van der Waals surface area (Å²) in [6.45, 7) is 2.21. The van der Waals surface area contributed by atoms with Gasteiger partial charge in [0.2, 0.25) is 5.91 Å². The van der Waals surface area contributed by atoms with E-state index in [2.05, 4.69) is 17.5 Å². The number of unbranched alkanes of at least 4 members (excludes halogenated alkanes) is 5. The largest absolute Gasteiger partial charge is 0.273 e. The second-order valence-corrected chi connectivity index (χ2v) is 5.15. The molecule has 18 heavy (non-hydrogen) atoms. The highest BCUT2D eigenvalue weighted by Crippen LogP contribution is 2.06. The number of hydrogen-bond acceptors (Lipinski definition) is 3. The van der Waals surface area contributed by atoms with E-state index in [0.29, 0.717) is 6.42 Å². The smallest absolute Gasteiger partial charge is 0.240 e. The first-order valence-corrected chi connectivity index (χ1v) is 7.61. The van der Waals surface area contributed by atoms with Gasteiger partial charge in [-0.3, -0.25) is 4.79 Å². The molecule has 1 aromatic rings. The highest BCUT2D eigenvalue weighted by atomic mass is 32.1. The molecule has 1 N–H and O–H groups in total. The van der Waals surface area contributed by atoms with Crippen LogP contribution in [0.2, 0.25) is 0 Å². The summed E-state index contributed by atoms with van der Waals surface area (Å²) in [7, 11) is 0. The first kappa shape index (κ1) is 14.9. The summed E-state index contributed by atoms with van der Waals surface area (Å²) < 4.78 is 0. The van der Waals surface area contributed by atoms with E-state index in [4.69, 9.17) is 0 Å². The molecule has 1 aromatic heterocycles. The minimum atomic E-state index is 0.0111. The molecule has 0 atom stereocenters. The maximum absolute atomic E-state index is 11.4. The monoisotopic (exact) mass is 266 g/mol. The van der Waals surface area contributed by atoms with Gasteiger partial charge in [0.25, 0.3) is 0 Å². The van der Waals surface area contributed by atoms with Gasteiger partial charge in [-0.25, -0.2) is 5.43 Å². The van der Waals surface area contributed by atoms with Crippen molar-refractivity contribution in [2.45, 2.75) is 51.9 Å². The average Bonchev–Trinajstić information content (AvgIpc) is 2.87. The molecule has 1 heterocycles. The van der Waals surface area contributed by atoms with Crippen LogP contribution in [0, 0.1) is 0 Å². The van der Waals surface area contributed by atoms with E-state index < -0.39 is 0 Å². The van der Waals surface area contributed by atoms with Crippen molar-refractivity contribution in [2.75, 3.05) is 0 Å². The van der Waals surface area contributed by atoms with Crippen LogP contribution in [0.1, 0.15) is 57.4 Å². The van der Waals surface area contributed by atoms with Crippen LogP contribution < -0.4 is 5.43 Å². The molecule has 100 valence electrons. The van der Waals surface area contributed by atoms with E-state index >= 15 is 0 Å². The average molecular weight is 266 g/mol. The molecular weight excluding hydrogens is 244 g/mol. The Labute approximate surface area is 113 Å². The molecule has 0 aromatic carbocycles. The molecule has 0 spiro atoms. The minimum absolute atomic E-state index is 0.0111. The van der Waals surface area contributed by atoms with Gasteiger partial charge in [0.05, 0.1) is 6.21 Å². The Morgan fingerprint density at radius 3 is 2.83 bits per heavy atom. The Morgan fingerprint density at radius 1 is 1.33 bits per heavy atom. The number of thiophene rings is 1. The molecule has 0 aliphatic heterocycles. The fraction of sp³-hybridized carbons (Fsp3) is 0.571. The number of carbonyl (C=O) groups is 1. The van der Waals surface area contributed by atoms with Gasteiger partial charge in [-0.05, 0) is 23.2 Å². The van der Waals surface area contributed by atoms with Gasteiger partial charge in [-0.2, -0.15) is 16.4 Å². The zero-order valence-corrected chi connectivity index (χ0v) is 11.8. The van der Waals surface area contributed by atoms with Crippen molar-refractivity contribution in [3.8, 4) is 0 Å². The SMILES string of the molecule is CCCCCCCCC(=O)N/N=C/c1ccsc1. The first-order chi connectivity index (χ1) is 8.83. The molecule has 0 unspecified atom stereocenters. The van der Waals surface area contributed by atoms with Crippen molar-refractivity contribution >= 4 is 23.5 Å². The predicted octanol–water partition coefficient (Wildman–Crippen LogP) is 3.95. The number of carbonyl (C=O) groups excluding carboxylic acids is 1. The van der Waals surface area contributed by atoms with Gasteiger partial charge in [0.15, 0.2) is 0 Å². The number of rotatable bonds is 9. The Morgan fingerprint density at radius 2 is 2.11 bits per heavy atom. The van der Waals surface area contributed by atoms with E-state index in [9.17, 15) is 4.79 Å². The highest BCUT2D eigenvalue weighted by molar-refractivity contribution is 7.08. The van der Waals surface area contributed by atoms with E-state index in [1.54, 1.807) is 17.6 Å². The van der Waals surface area contributed by atoms with E-state index in [1.165, 1.54) is 25.7 Å². The third-order valence-electron chi connectivity index (χ3n) is 2.70. The van der Waals surface area contributed by atoms with Gasteiger partial charge in [-0.1, -0.05) is 39.0 Å². The van der Waals surface area contributed by atoms with Crippen LogP contribution in [0.4, 0.5) is 0 Å². The van der Waals surface area contributed by atoms with Crippen molar-refractivity contribution in [3.63, 3.8) is 0 Å². The maximum Gasteiger partial charge on any atom is 0.240 e. The quantitative estimate of drug-likeness (QED) is 0.410. The molecule has 0 aliphatic rings. The molecule has 3 nitrogen and oxygen atoms in total. The number of hydrogen-bond donors (Lipinski definition) is 1. The summed E-state index contributed by atoms with van der Waals surface area (Å²) >= 11 is 1.62. The number of nitrogens with zero attached hydrogens (tertiary/aromatic N) is 1. The summed E-state index contributed by atoms with van der Waals surface area (Å²) in [5.41, 5.74) is 3.59. The van der Waals surface area contributed by atoms with Crippen LogP contribution in [0.25, 0.3) is 0 Å². The normalized spacial score (nSPS) is 10.9. The molecule has 0 saturated carbocycles. The second kappa shape index (κ2) is 9.83. The van der Waals surface area contributed by atoms with Crippen molar-refractivity contribution in [3.05, 3.63) is 22.4 Å². The summed E-state index contributed by atoms with van der Waals surface area (Å²) in [4.78, 5) is 11.4. The predicted molar refractivity (Wildman–Crippen MR) is 78.0 cm³/mol. The molecule has 1 amide bonds. The van der Waals surface area contributed by atoms with Crippen LogP contribution in [-0.2, 0) is 4.79 Å². The molecule has 0 aliphatic carbocycles. The summed E-state index contributed by atoms with van der Waals surface area (Å²) in [6, 6.07) is 1.97. The third-order valence-corrected chi connectivity index (χ3v) is 3.40. The van der Waals surface area contributed by atoms with Crippen LogP contribution in [0.3, 0.4) is 0 Å². The van der Waals surface area contributed by atoms with Crippen molar-refractivity contribution in [1.29, 1.82) is 0 Å². The van der Waals surface area contributed by atoms with Crippen LogP contribution in [0.15, 0.2) is 21.9 Å². The van der Waals surface area contributed by atoms with Crippen molar-refractivity contribution < 1.29 is 4.79 Å². The highest BCUT2D eigenvalue weighted by Gasteiger charge is 1.98. The van der Waals surface area contributed by atoms with Gasteiger partial charge >= 0.3 is 0 Å². The lowest BCUT2D eigenvalue weighted by Gasteiger charge is -2.00. The van der Waals surface area contributed by atoms with E-state index in [1.807, 2.05) is 16.8 Å². The molecule has 4 heteroatoms. The van der Waals surface area contributed by atoms with Gasteiger partial charge in [-0.15, -0.1) is 0 Å². The molecule has 1 rings (SSSR count). The lowest BCUT2D eigenvalue weighted by molar-refractivity contribution is -0.121. The summed E-state index contributed by atoms with van der Waals surface area (Å²) in [5, 5.41) is 7.90. The molecule has 0 radical (unpaired) electrons. The Balaban J connectivity index is 2.00. The summed E-state index contributed by atoms with van der Waals surface area (Å²) in [6.07, 6.45) is 9.44. The zero-order valence-electron chi connectivity index (χ0n) is 11.0. The van der Waals surface area contributed by atoms with Gasteiger partial charge in [0.1, 0.15) is 0 Å². The zero-order chi connectivity index (χ0) is 13.1. The third kappa shape index (κ3) is 7.22. The van der Waals surface area contributed by atoms with Gasteiger partial charge in [0, 0.05) is 12.0 Å². The van der Waals surface area contributed by atoms with E-state index in [-0.39, 0.29) is 5.91 Å².